The van der Waals surface area contributed by atoms with Gasteiger partial charge in [-0.05, 0) is 74.0 Å². The van der Waals surface area contributed by atoms with Crippen molar-refractivity contribution in [2.24, 2.45) is 5.73 Å². The Bertz CT molecular complexity index is 774. The third-order valence-electron chi connectivity index (χ3n) is 4.62. The van der Waals surface area contributed by atoms with Crippen LogP contribution in [0.1, 0.15) is 43.7 Å². The zero-order chi connectivity index (χ0) is 16.8. The average Bonchev–Trinajstić information content (AvgIpc) is 2.99. The van der Waals surface area contributed by atoms with Crippen LogP contribution in [0, 0.1) is 0 Å². The zero-order valence-electron chi connectivity index (χ0n) is 14.5. The molecule has 0 saturated heterocycles. The monoisotopic (exact) mass is 321 g/mol. The largest absolute Gasteiger partial charge is 0.354 e. The fourth-order valence-corrected chi connectivity index (χ4v) is 3.29. The number of pyridine rings is 1. The van der Waals surface area contributed by atoms with Gasteiger partial charge in [0.05, 0.1) is 5.69 Å². The first-order valence-corrected chi connectivity index (χ1v) is 9.07. The lowest BCUT2D eigenvalue weighted by molar-refractivity contribution is 0.748. The second kappa shape index (κ2) is 8.11. The van der Waals surface area contributed by atoms with Gasteiger partial charge in [-0.25, -0.2) is 0 Å². The van der Waals surface area contributed by atoms with E-state index in [0.717, 1.165) is 37.8 Å². The van der Waals surface area contributed by atoms with Crippen LogP contribution in [0.25, 0.3) is 22.2 Å². The predicted molar refractivity (Wildman–Crippen MR) is 102 cm³/mol. The maximum atomic E-state index is 5.69. The maximum Gasteiger partial charge on any atom is 0.0512 e. The molecule has 3 rings (SSSR count). The van der Waals surface area contributed by atoms with Crippen molar-refractivity contribution in [1.82, 2.24) is 9.97 Å². The fraction of sp³-hybridized carbons (Fsp3) is 0.381. The summed E-state index contributed by atoms with van der Waals surface area (Å²) in [4.78, 5) is 7.91. The Labute approximate surface area is 144 Å². The Morgan fingerprint density at radius 2 is 2.00 bits per heavy atom. The van der Waals surface area contributed by atoms with Crippen LogP contribution in [0.2, 0.25) is 0 Å². The van der Waals surface area contributed by atoms with Crippen molar-refractivity contribution in [2.45, 2.75) is 45.4 Å². The highest BCUT2D eigenvalue weighted by Crippen LogP contribution is 2.32. The van der Waals surface area contributed by atoms with Gasteiger partial charge in [-0.1, -0.05) is 19.4 Å². The molecule has 126 valence electrons. The lowest BCUT2D eigenvalue weighted by atomic mass is 9.99. The van der Waals surface area contributed by atoms with E-state index < -0.39 is 0 Å². The Morgan fingerprint density at radius 1 is 1.08 bits per heavy atom. The first-order chi connectivity index (χ1) is 11.8. The summed E-state index contributed by atoms with van der Waals surface area (Å²) in [5.74, 6) is 0. The van der Waals surface area contributed by atoms with Gasteiger partial charge < -0.3 is 10.7 Å². The van der Waals surface area contributed by atoms with E-state index in [-0.39, 0.29) is 0 Å². The summed E-state index contributed by atoms with van der Waals surface area (Å²) in [7, 11) is 0. The van der Waals surface area contributed by atoms with E-state index in [4.69, 9.17) is 5.73 Å². The van der Waals surface area contributed by atoms with E-state index in [1.54, 1.807) is 0 Å². The minimum Gasteiger partial charge on any atom is -0.354 e. The molecule has 3 aromatic rings. The Balaban J connectivity index is 2.03. The highest BCUT2D eigenvalue weighted by atomic mass is 14.7. The molecule has 0 saturated carbocycles. The number of fused-ring (bicyclic) bond motifs is 1. The zero-order valence-corrected chi connectivity index (χ0v) is 14.5. The van der Waals surface area contributed by atoms with Crippen molar-refractivity contribution in [2.75, 3.05) is 6.54 Å². The summed E-state index contributed by atoms with van der Waals surface area (Å²) in [6.45, 7) is 3.00. The molecule has 0 fully saturated rings. The van der Waals surface area contributed by atoms with Crippen molar-refractivity contribution in [3.63, 3.8) is 0 Å². The molecule has 0 amide bonds. The summed E-state index contributed by atoms with van der Waals surface area (Å²) in [5.41, 5.74) is 12.1. The molecule has 0 atom stereocenters. The van der Waals surface area contributed by atoms with Gasteiger partial charge in [-0.2, -0.15) is 0 Å². The van der Waals surface area contributed by atoms with Crippen molar-refractivity contribution < 1.29 is 0 Å². The van der Waals surface area contributed by atoms with Crippen molar-refractivity contribution in [3.8, 4) is 11.3 Å². The van der Waals surface area contributed by atoms with Gasteiger partial charge in [-0.3, -0.25) is 4.98 Å². The first kappa shape index (κ1) is 16.7. The standard InChI is InChI=1S/C21H27N3/c1-2-3-7-16-10-11-20-19(14-16)18(9-4-5-12-22)21(24-20)17-8-6-13-23-15-17/h6,8,10-11,13-15,24H,2-5,7,9,12,22H2,1H3. The van der Waals surface area contributed by atoms with Gasteiger partial charge in [0.15, 0.2) is 0 Å². The van der Waals surface area contributed by atoms with E-state index in [9.17, 15) is 0 Å². The molecule has 0 bridgehead atoms. The van der Waals surface area contributed by atoms with Crippen LogP contribution < -0.4 is 5.73 Å². The Morgan fingerprint density at radius 3 is 2.75 bits per heavy atom. The minimum atomic E-state index is 0.756. The molecule has 24 heavy (non-hydrogen) atoms. The number of nitrogens with one attached hydrogen (secondary N) is 1. The normalized spacial score (nSPS) is 11.2. The average molecular weight is 321 g/mol. The molecule has 0 aliphatic heterocycles. The highest BCUT2D eigenvalue weighted by Gasteiger charge is 2.13. The smallest absolute Gasteiger partial charge is 0.0512 e. The van der Waals surface area contributed by atoms with Crippen LogP contribution in [0.4, 0.5) is 0 Å². The molecule has 0 aliphatic rings. The molecule has 2 aromatic heterocycles. The van der Waals surface area contributed by atoms with Crippen molar-refractivity contribution in [1.29, 1.82) is 0 Å². The molecule has 2 heterocycles. The van der Waals surface area contributed by atoms with E-state index in [2.05, 4.69) is 41.2 Å². The van der Waals surface area contributed by atoms with E-state index in [0.29, 0.717) is 0 Å². The Kier molecular flexibility index (Phi) is 5.65. The maximum absolute atomic E-state index is 5.69. The summed E-state index contributed by atoms with van der Waals surface area (Å²) in [6, 6.07) is 11.0. The second-order valence-corrected chi connectivity index (χ2v) is 6.45. The molecule has 3 nitrogen and oxygen atoms in total. The summed E-state index contributed by atoms with van der Waals surface area (Å²) >= 11 is 0. The highest BCUT2D eigenvalue weighted by molar-refractivity contribution is 5.91. The number of aryl methyl sites for hydroxylation is 2. The number of H-pyrrole nitrogens is 1. The molecule has 0 radical (unpaired) electrons. The molecule has 0 aliphatic carbocycles. The minimum absolute atomic E-state index is 0.756. The molecule has 0 unspecified atom stereocenters. The SMILES string of the molecule is CCCCc1ccc2[nH]c(-c3cccnc3)c(CCCCN)c2c1. The Hall–Kier alpha value is -2.13. The number of rotatable bonds is 8. The number of benzene rings is 1. The van der Waals surface area contributed by atoms with Gasteiger partial charge in [0.2, 0.25) is 0 Å². The number of nitrogens with two attached hydrogens (primary N) is 1. The van der Waals surface area contributed by atoms with Gasteiger partial charge >= 0.3 is 0 Å². The molecular formula is C21H27N3. The topological polar surface area (TPSA) is 54.7 Å². The quantitative estimate of drug-likeness (QED) is 0.582. The van der Waals surface area contributed by atoms with Crippen molar-refractivity contribution in [3.05, 3.63) is 53.9 Å². The van der Waals surface area contributed by atoms with Crippen LogP contribution in [0.5, 0.6) is 0 Å². The molecule has 3 N–H and O–H groups in total. The van der Waals surface area contributed by atoms with Gasteiger partial charge in [-0.15, -0.1) is 0 Å². The number of nitrogens with zero attached hydrogens (tertiary/aromatic N) is 1. The number of unbranched alkanes of at least 4 members (excludes halogenated alkanes) is 2. The lowest BCUT2D eigenvalue weighted by Crippen LogP contribution is -1.99. The van der Waals surface area contributed by atoms with Crippen LogP contribution in [-0.2, 0) is 12.8 Å². The van der Waals surface area contributed by atoms with Crippen LogP contribution in [-0.4, -0.2) is 16.5 Å². The summed E-state index contributed by atoms with van der Waals surface area (Å²) in [5, 5.41) is 1.36. The van der Waals surface area contributed by atoms with E-state index in [1.165, 1.54) is 40.6 Å². The third-order valence-corrected chi connectivity index (χ3v) is 4.62. The van der Waals surface area contributed by atoms with Gasteiger partial charge in [0.1, 0.15) is 0 Å². The number of aromatic nitrogens is 2. The van der Waals surface area contributed by atoms with E-state index >= 15 is 0 Å². The van der Waals surface area contributed by atoms with Crippen LogP contribution in [0.15, 0.2) is 42.7 Å². The molecule has 1 aromatic carbocycles. The first-order valence-electron chi connectivity index (χ1n) is 9.07. The second-order valence-electron chi connectivity index (χ2n) is 6.45. The van der Waals surface area contributed by atoms with Crippen molar-refractivity contribution >= 4 is 10.9 Å². The predicted octanol–water partition coefficient (Wildman–Crippen LogP) is 4.85. The van der Waals surface area contributed by atoms with Gasteiger partial charge in [0, 0.05) is 28.9 Å². The number of hydrogen-bond donors (Lipinski definition) is 2. The third kappa shape index (κ3) is 3.68. The van der Waals surface area contributed by atoms with Crippen LogP contribution >= 0.6 is 0 Å². The summed E-state index contributed by atoms with van der Waals surface area (Å²) in [6.07, 6.45) is 10.6. The number of hydrogen-bond acceptors (Lipinski definition) is 2. The fourth-order valence-electron chi connectivity index (χ4n) is 3.29. The molecule has 3 heteroatoms. The lowest BCUT2D eigenvalue weighted by Gasteiger charge is -2.06. The van der Waals surface area contributed by atoms with E-state index in [1.807, 2.05) is 18.5 Å². The molecular weight excluding hydrogens is 294 g/mol. The summed E-state index contributed by atoms with van der Waals surface area (Å²) < 4.78 is 0. The van der Waals surface area contributed by atoms with Crippen LogP contribution in [0.3, 0.4) is 0 Å². The number of aromatic amines is 1. The molecule has 0 spiro atoms. The van der Waals surface area contributed by atoms with Gasteiger partial charge in [0.25, 0.3) is 0 Å².